The number of benzene rings is 2. The molecule has 1 aromatic heterocycles. The van der Waals surface area contributed by atoms with E-state index in [-0.39, 0.29) is 0 Å². The molecule has 0 radical (unpaired) electrons. The molecule has 3 aromatic rings. The Morgan fingerprint density at radius 1 is 0.950 bits per heavy atom. The summed E-state index contributed by atoms with van der Waals surface area (Å²) in [5, 5.41) is 0. The maximum atomic E-state index is 10.8. The normalized spacial score (nSPS) is 10.4. The monoisotopic (exact) mass is 326 g/mol. The van der Waals surface area contributed by atoms with Crippen LogP contribution < -0.4 is 0 Å². The van der Waals surface area contributed by atoms with Crippen LogP contribution in [-0.2, 0) is 0 Å². The lowest BCUT2D eigenvalue weighted by atomic mass is 10.0. The van der Waals surface area contributed by atoms with Gasteiger partial charge in [0.25, 0.3) is 0 Å². The molecule has 0 saturated heterocycles. The van der Waals surface area contributed by atoms with Crippen molar-refractivity contribution in [3.63, 3.8) is 0 Å². The average Bonchev–Trinajstić information content (AvgIpc) is 2.89. The summed E-state index contributed by atoms with van der Waals surface area (Å²) in [6.07, 6.45) is 0.704. The Bertz CT molecular complexity index is 750. The molecule has 1 heterocycles. The van der Waals surface area contributed by atoms with Gasteiger partial charge in [-0.2, -0.15) is 0 Å². The van der Waals surface area contributed by atoms with Gasteiger partial charge in [0.1, 0.15) is 10.3 Å². The Kier molecular flexibility index (Phi) is 3.48. The summed E-state index contributed by atoms with van der Waals surface area (Å²) in [5.41, 5.74) is 3.97. The molecule has 4 heteroatoms. The van der Waals surface area contributed by atoms with Gasteiger partial charge in [-0.25, -0.2) is 4.98 Å². The second kappa shape index (κ2) is 5.43. The minimum Gasteiger partial charge on any atom is -0.330 e. The summed E-state index contributed by atoms with van der Waals surface area (Å²) in [4.78, 5) is 17.9. The molecule has 2 aromatic carbocycles. The number of halogens is 1. The van der Waals surface area contributed by atoms with Crippen molar-refractivity contribution in [2.24, 2.45) is 0 Å². The van der Waals surface area contributed by atoms with Gasteiger partial charge in [-0.15, -0.1) is 0 Å². The lowest BCUT2D eigenvalue weighted by Crippen LogP contribution is -1.83. The molecule has 0 aliphatic heterocycles. The Hall–Kier alpha value is -2.20. The SMILES string of the molecule is O=Cc1nc(-c2cccc(-c3ccccc3)c2)c(Br)[nH]1. The third-order valence-electron chi connectivity index (χ3n) is 3.03. The quantitative estimate of drug-likeness (QED) is 0.728. The summed E-state index contributed by atoms with van der Waals surface area (Å²) in [6, 6.07) is 18.2. The number of rotatable bonds is 3. The third-order valence-corrected chi connectivity index (χ3v) is 3.61. The van der Waals surface area contributed by atoms with Gasteiger partial charge in [0.05, 0.1) is 0 Å². The zero-order valence-corrected chi connectivity index (χ0v) is 12.1. The number of hydrogen-bond acceptors (Lipinski definition) is 2. The van der Waals surface area contributed by atoms with E-state index >= 15 is 0 Å². The minimum atomic E-state index is 0.317. The molecule has 20 heavy (non-hydrogen) atoms. The molecule has 1 N–H and O–H groups in total. The van der Waals surface area contributed by atoms with Crippen molar-refractivity contribution in [3.05, 3.63) is 65.0 Å². The first kappa shape index (κ1) is 12.8. The number of nitrogens with zero attached hydrogens (tertiary/aromatic N) is 1. The molecule has 0 aliphatic carbocycles. The first-order chi connectivity index (χ1) is 9.78. The topological polar surface area (TPSA) is 45.8 Å². The van der Waals surface area contributed by atoms with Crippen molar-refractivity contribution >= 4 is 22.2 Å². The van der Waals surface area contributed by atoms with Gasteiger partial charge in [-0.1, -0.05) is 48.5 Å². The molecule has 3 nitrogen and oxygen atoms in total. The smallest absolute Gasteiger partial charge is 0.185 e. The van der Waals surface area contributed by atoms with Crippen LogP contribution in [-0.4, -0.2) is 16.3 Å². The fourth-order valence-corrected chi connectivity index (χ4v) is 2.61. The van der Waals surface area contributed by atoms with Crippen LogP contribution in [0.2, 0.25) is 0 Å². The zero-order chi connectivity index (χ0) is 13.9. The molecule has 0 saturated carbocycles. The van der Waals surface area contributed by atoms with Crippen molar-refractivity contribution in [1.82, 2.24) is 9.97 Å². The number of aromatic nitrogens is 2. The minimum absolute atomic E-state index is 0.317. The van der Waals surface area contributed by atoms with E-state index in [0.29, 0.717) is 16.7 Å². The van der Waals surface area contributed by atoms with Gasteiger partial charge in [-0.3, -0.25) is 4.79 Å². The molecule has 0 fully saturated rings. The standard InChI is InChI=1S/C16H11BrN2O/c17-16-15(18-14(10-20)19-16)13-8-4-7-12(9-13)11-5-2-1-3-6-11/h1-10H,(H,18,19). The van der Waals surface area contributed by atoms with Crippen LogP contribution in [0.3, 0.4) is 0 Å². The number of aromatic amines is 1. The number of imidazole rings is 1. The Morgan fingerprint density at radius 2 is 1.65 bits per heavy atom. The number of H-pyrrole nitrogens is 1. The number of carbonyl (C=O) groups excluding carboxylic acids is 1. The van der Waals surface area contributed by atoms with Crippen molar-refractivity contribution in [2.45, 2.75) is 0 Å². The zero-order valence-electron chi connectivity index (χ0n) is 10.5. The predicted octanol–water partition coefficient (Wildman–Crippen LogP) is 4.32. The molecule has 0 unspecified atom stereocenters. The van der Waals surface area contributed by atoms with Crippen molar-refractivity contribution < 1.29 is 4.79 Å². The second-order valence-electron chi connectivity index (χ2n) is 4.35. The van der Waals surface area contributed by atoms with Crippen LogP contribution in [0.5, 0.6) is 0 Å². The molecule has 0 spiro atoms. The van der Waals surface area contributed by atoms with E-state index < -0.39 is 0 Å². The van der Waals surface area contributed by atoms with Crippen LogP contribution in [0.4, 0.5) is 0 Å². The van der Waals surface area contributed by atoms with Gasteiger partial charge in [0.15, 0.2) is 12.1 Å². The van der Waals surface area contributed by atoms with Gasteiger partial charge in [0, 0.05) is 5.56 Å². The predicted molar refractivity (Wildman–Crippen MR) is 82.5 cm³/mol. The lowest BCUT2D eigenvalue weighted by Gasteiger charge is -2.04. The van der Waals surface area contributed by atoms with E-state index in [1.807, 2.05) is 30.3 Å². The fraction of sp³-hybridized carbons (Fsp3) is 0. The maximum Gasteiger partial charge on any atom is 0.185 e. The van der Waals surface area contributed by atoms with Gasteiger partial charge in [0.2, 0.25) is 0 Å². The summed E-state index contributed by atoms with van der Waals surface area (Å²) in [6.45, 7) is 0. The van der Waals surface area contributed by atoms with Gasteiger partial charge < -0.3 is 4.98 Å². The summed E-state index contributed by atoms with van der Waals surface area (Å²) < 4.78 is 0.713. The summed E-state index contributed by atoms with van der Waals surface area (Å²) in [5.74, 6) is 0.317. The van der Waals surface area contributed by atoms with E-state index in [1.165, 1.54) is 0 Å². The highest BCUT2D eigenvalue weighted by Crippen LogP contribution is 2.29. The van der Waals surface area contributed by atoms with Crippen LogP contribution in [0.1, 0.15) is 10.6 Å². The number of hydrogen-bond donors (Lipinski definition) is 1. The molecule has 3 rings (SSSR count). The molecule has 0 atom stereocenters. The molecule has 0 bridgehead atoms. The van der Waals surface area contributed by atoms with E-state index in [2.05, 4.69) is 50.2 Å². The van der Waals surface area contributed by atoms with Crippen LogP contribution in [0, 0.1) is 0 Å². The fourth-order valence-electron chi connectivity index (χ4n) is 2.09. The van der Waals surface area contributed by atoms with Gasteiger partial charge in [-0.05, 0) is 33.1 Å². The van der Waals surface area contributed by atoms with E-state index in [9.17, 15) is 4.79 Å². The van der Waals surface area contributed by atoms with E-state index in [1.54, 1.807) is 0 Å². The van der Waals surface area contributed by atoms with E-state index in [4.69, 9.17) is 0 Å². The highest BCUT2D eigenvalue weighted by molar-refractivity contribution is 9.10. The summed E-state index contributed by atoms with van der Waals surface area (Å²) >= 11 is 3.40. The first-order valence-corrected chi connectivity index (χ1v) is 6.94. The summed E-state index contributed by atoms with van der Waals surface area (Å²) in [7, 11) is 0. The number of aldehydes is 1. The second-order valence-corrected chi connectivity index (χ2v) is 5.14. The van der Waals surface area contributed by atoms with Crippen LogP contribution in [0.15, 0.2) is 59.2 Å². The van der Waals surface area contributed by atoms with Crippen molar-refractivity contribution in [1.29, 1.82) is 0 Å². The first-order valence-electron chi connectivity index (χ1n) is 6.14. The number of nitrogens with one attached hydrogen (secondary N) is 1. The maximum absolute atomic E-state index is 10.8. The Balaban J connectivity index is 2.07. The number of carbonyl (C=O) groups is 1. The Labute approximate surface area is 124 Å². The molecule has 0 aliphatic rings. The molecular formula is C16H11BrN2O. The molecular weight excluding hydrogens is 316 g/mol. The average molecular weight is 327 g/mol. The van der Waals surface area contributed by atoms with Gasteiger partial charge >= 0.3 is 0 Å². The Morgan fingerprint density at radius 3 is 2.35 bits per heavy atom. The molecule has 98 valence electrons. The lowest BCUT2D eigenvalue weighted by molar-refractivity contribution is 0.111. The highest BCUT2D eigenvalue weighted by Gasteiger charge is 2.10. The third kappa shape index (κ3) is 2.42. The van der Waals surface area contributed by atoms with Crippen molar-refractivity contribution in [3.8, 4) is 22.4 Å². The van der Waals surface area contributed by atoms with Crippen molar-refractivity contribution in [2.75, 3.05) is 0 Å². The highest BCUT2D eigenvalue weighted by atomic mass is 79.9. The van der Waals surface area contributed by atoms with Crippen LogP contribution in [0.25, 0.3) is 22.4 Å². The van der Waals surface area contributed by atoms with E-state index in [0.717, 1.165) is 22.4 Å². The largest absolute Gasteiger partial charge is 0.330 e. The molecule has 0 amide bonds. The van der Waals surface area contributed by atoms with Crippen LogP contribution >= 0.6 is 15.9 Å².